The van der Waals surface area contributed by atoms with Gasteiger partial charge in [0, 0.05) is 11.1 Å². The molecule has 0 saturated carbocycles. The predicted octanol–water partition coefficient (Wildman–Crippen LogP) is 2.10. The van der Waals surface area contributed by atoms with Gasteiger partial charge in [-0.1, -0.05) is 36.3 Å². The van der Waals surface area contributed by atoms with Gasteiger partial charge in [0.15, 0.2) is 5.82 Å². The molecule has 34 heavy (non-hydrogen) atoms. The molecule has 0 aliphatic rings. The van der Waals surface area contributed by atoms with Crippen molar-refractivity contribution in [2.24, 2.45) is 0 Å². The Labute approximate surface area is 218 Å². The van der Waals surface area contributed by atoms with Crippen molar-refractivity contribution in [3.63, 3.8) is 0 Å². The molecule has 0 unspecified atom stereocenters. The van der Waals surface area contributed by atoms with Crippen LogP contribution in [0.25, 0.3) is 0 Å². The van der Waals surface area contributed by atoms with Gasteiger partial charge >= 0.3 is 18.9 Å². The monoisotopic (exact) mass is 489 g/mol. The van der Waals surface area contributed by atoms with Gasteiger partial charge in [-0.2, -0.15) is 16.7 Å². The second-order valence-corrected chi connectivity index (χ2v) is 11.1. The Morgan fingerprint density at radius 3 is 2.76 bits per heavy atom. The number of aromatic nitrogens is 2. The van der Waals surface area contributed by atoms with Crippen molar-refractivity contribution in [2.75, 3.05) is 37.1 Å². The first-order valence-electron chi connectivity index (χ1n) is 10.2. The molecule has 174 valence electrons. The maximum Gasteiger partial charge on any atom is 1.00 e. The molecule has 0 spiro atoms. The molecule has 0 bridgehead atoms. The van der Waals surface area contributed by atoms with Crippen LogP contribution < -0.4 is 44.9 Å². The van der Waals surface area contributed by atoms with Gasteiger partial charge in [-0.05, 0) is 32.1 Å². The Bertz CT molecular complexity index is 1190. The Kier molecular flexibility index (Phi) is 10.5. The standard InChI is InChI=1S/C24H26ClN5O2P.Li/c1-5-26-11-8-12-32-19-14-17(2)13-18(15-19)28-24-27-16-20(25)23(30-24)29-21-9-6-7-10-22(21)33(3,4)31;/h6-7,9-11,13,15-16,26H,1,5,12H2,2-4H3,(H2,27,28,29,30);/q-3;+1. The van der Waals surface area contributed by atoms with Crippen molar-refractivity contribution >= 4 is 47.2 Å². The zero-order valence-corrected chi connectivity index (χ0v) is 21.4. The molecule has 0 radical (unpaired) electrons. The number of benzene rings is 2. The van der Waals surface area contributed by atoms with E-state index >= 15 is 0 Å². The van der Waals surface area contributed by atoms with E-state index in [1.807, 2.05) is 37.3 Å². The average molecular weight is 490 g/mol. The van der Waals surface area contributed by atoms with E-state index in [4.69, 9.17) is 16.3 Å². The van der Waals surface area contributed by atoms with Crippen LogP contribution in [0.4, 0.5) is 23.1 Å². The molecule has 3 rings (SSSR count). The summed E-state index contributed by atoms with van der Waals surface area (Å²) in [4.78, 5) is 8.77. The fourth-order valence-corrected chi connectivity index (χ4v) is 4.25. The second kappa shape index (κ2) is 12.9. The number of ether oxygens (including phenoxy) is 1. The number of anilines is 4. The molecule has 0 amide bonds. The first kappa shape index (κ1) is 27.8. The maximum absolute atomic E-state index is 12.7. The smallest absolute Gasteiger partial charge is 0.550 e. The molecule has 2 aromatic carbocycles. The number of para-hydroxylation sites is 1. The number of nitrogens with zero attached hydrogens (tertiary/aromatic N) is 2. The van der Waals surface area contributed by atoms with Crippen LogP contribution in [0.1, 0.15) is 5.56 Å². The molecule has 10 heteroatoms. The van der Waals surface area contributed by atoms with E-state index in [2.05, 4.69) is 45.0 Å². The van der Waals surface area contributed by atoms with E-state index in [1.54, 1.807) is 25.6 Å². The summed E-state index contributed by atoms with van der Waals surface area (Å²) in [7, 11) is -2.50. The molecular weight excluding hydrogens is 464 g/mol. The molecule has 1 heterocycles. The van der Waals surface area contributed by atoms with Crippen molar-refractivity contribution < 1.29 is 28.2 Å². The summed E-state index contributed by atoms with van der Waals surface area (Å²) in [5.74, 6) is 1.32. The number of hydrogen-bond acceptors (Lipinski definition) is 7. The van der Waals surface area contributed by atoms with Crippen LogP contribution >= 0.6 is 18.7 Å². The summed E-state index contributed by atoms with van der Waals surface area (Å²) in [6.45, 7) is 9.90. The van der Waals surface area contributed by atoms with Crippen LogP contribution in [0.2, 0.25) is 5.02 Å². The van der Waals surface area contributed by atoms with Crippen molar-refractivity contribution in [3.8, 4) is 5.75 Å². The van der Waals surface area contributed by atoms with Gasteiger partial charge in [-0.3, -0.25) is 0 Å². The van der Waals surface area contributed by atoms with Gasteiger partial charge in [-0.15, -0.1) is 24.7 Å². The minimum atomic E-state index is -2.50. The normalized spacial score (nSPS) is 11.1. The summed E-state index contributed by atoms with van der Waals surface area (Å²) in [6, 6.07) is 14.3. The van der Waals surface area contributed by atoms with E-state index < -0.39 is 7.14 Å². The molecule has 1 aromatic heterocycles. The molecule has 3 aromatic rings. The molecule has 0 atom stereocenters. The van der Waals surface area contributed by atoms with Crippen LogP contribution in [0.5, 0.6) is 5.75 Å². The molecular formula is C24H26ClLiN5O2P-2. The third-order valence-corrected chi connectivity index (χ3v) is 6.20. The quantitative estimate of drug-likeness (QED) is 0.228. The molecule has 3 N–H and O–H groups in total. The predicted molar refractivity (Wildman–Crippen MR) is 136 cm³/mol. The first-order chi connectivity index (χ1) is 15.8. The van der Waals surface area contributed by atoms with Gasteiger partial charge in [0.25, 0.3) is 0 Å². The van der Waals surface area contributed by atoms with Crippen LogP contribution in [-0.2, 0) is 4.57 Å². The van der Waals surface area contributed by atoms with Crippen LogP contribution in [0.3, 0.4) is 0 Å². The number of rotatable bonds is 10. The molecule has 7 nitrogen and oxygen atoms in total. The minimum Gasteiger partial charge on any atom is -0.550 e. The van der Waals surface area contributed by atoms with E-state index in [0.29, 0.717) is 34.8 Å². The van der Waals surface area contributed by atoms with Gasteiger partial charge < -0.3 is 38.3 Å². The van der Waals surface area contributed by atoms with Gasteiger partial charge in [0.1, 0.15) is 12.2 Å². The van der Waals surface area contributed by atoms with Gasteiger partial charge in [0.05, 0.1) is 11.9 Å². The number of nitrogens with one attached hydrogen (secondary N) is 3. The molecule has 0 fully saturated rings. The molecule has 0 aliphatic heterocycles. The maximum atomic E-state index is 12.7. The average Bonchev–Trinajstić information content (AvgIpc) is 2.75. The van der Waals surface area contributed by atoms with Crippen LogP contribution in [-0.4, -0.2) is 36.4 Å². The van der Waals surface area contributed by atoms with Crippen molar-refractivity contribution in [1.82, 2.24) is 15.3 Å². The van der Waals surface area contributed by atoms with Crippen molar-refractivity contribution in [2.45, 2.75) is 6.92 Å². The third-order valence-electron chi connectivity index (χ3n) is 4.38. The number of halogens is 1. The number of aryl methyl sites for hydroxylation is 1. The van der Waals surface area contributed by atoms with Crippen LogP contribution in [0.15, 0.2) is 48.8 Å². The minimum absolute atomic E-state index is 0. The summed E-state index contributed by atoms with van der Waals surface area (Å²) in [5, 5.41) is 10.4. The van der Waals surface area contributed by atoms with Crippen molar-refractivity contribution in [3.05, 3.63) is 78.4 Å². The molecule has 0 aliphatic carbocycles. The zero-order chi connectivity index (χ0) is 23.8. The Balaban J connectivity index is 0.00000408. The topological polar surface area (TPSA) is 88.2 Å². The third kappa shape index (κ3) is 8.11. The van der Waals surface area contributed by atoms with Gasteiger partial charge in [-0.25, -0.2) is 4.98 Å². The fourth-order valence-electron chi connectivity index (χ4n) is 2.96. The fraction of sp³-hybridized carbons (Fsp3) is 0.208. The van der Waals surface area contributed by atoms with Gasteiger partial charge in [0.2, 0.25) is 5.95 Å². The Hall–Kier alpha value is -2.42. The summed E-state index contributed by atoms with van der Waals surface area (Å²) < 4.78 is 18.3. The zero-order valence-electron chi connectivity index (χ0n) is 19.8. The summed E-state index contributed by atoms with van der Waals surface area (Å²) >= 11 is 6.33. The SMILES string of the molecule is [CH2-]CNC=[C-]COc1[c-]c(C)cc(Nc2ncc(Cl)c(Nc3ccccc3P(C)(C)=O)n2)c1.[Li+]. The molecule has 0 saturated heterocycles. The number of hydrogen-bond donors (Lipinski definition) is 3. The van der Waals surface area contributed by atoms with E-state index in [-0.39, 0.29) is 25.5 Å². The Morgan fingerprint density at radius 2 is 2.03 bits per heavy atom. The van der Waals surface area contributed by atoms with E-state index in [0.717, 1.165) is 16.6 Å². The first-order valence-corrected chi connectivity index (χ1v) is 13.2. The van der Waals surface area contributed by atoms with E-state index in [1.165, 1.54) is 6.20 Å². The van der Waals surface area contributed by atoms with Crippen LogP contribution in [0, 0.1) is 26.0 Å². The Morgan fingerprint density at radius 1 is 1.26 bits per heavy atom. The van der Waals surface area contributed by atoms with Crippen molar-refractivity contribution in [1.29, 1.82) is 0 Å². The van der Waals surface area contributed by atoms with E-state index in [9.17, 15) is 4.57 Å². The largest absolute Gasteiger partial charge is 1.00 e. The summed E-state index contributed by atoms with van der Waals surface area (Å²) in [6.07, 6.45) is 6.15. The second-order valence-electron chi connectivity index (χ2n) is 7.52. The summed E-state index contributed by atoms with van der Waals surface area (Å²) in [5.41, 5.74) is 2.31.